The summed E-state index contributed by atoms with van der Waals surface area (Å²) in [5, 5.41) is 1.83. The normalized spacial score (nSPS) is 14.2. The molecule has 0 aliphatic carbocycles. The van der Waals surface area contributed by atoms with Gasteiger partial charge >= 0.3 is 0 Å². The predicted molar refractivity (Wildman–Crippen MR) is 118 cm³/mol. The van der Waals surface area contributed by atoms with E-state index in [0.29, 0.717) is 12.8 Å². The fourth-order valence-electron chi connectivity index (χ4n) is 3.19. The summed E-state index contributed by atoms with van der Waals surface area (Å²) in [6, 6.07) is 3.63. The van der Waals surface area contributed by atoms with Crippen molar-refractivity contribution in [2.45, 2.75) is 51.2 Å². The Morgan fingerprint density at radius 1 is 1.13 bits per heavy atom. The number of Topliss-reactive ketones (excluding diaryl/α,β-unsaturated/α-hetero) is 1. The molecule has 0 aliphatic heterocycles. The number of pyridine rings is 1. The van der Waals surface area contributed by atoms with Crippen LogP contribution in [0.15, 0.2) is 35.4 Å². The van der Waals surface area contributed by atoms with Crippen LogP contribution in [-0.2, 0) is 32.3 Å². The van der Waals surface area contributed by atoms with Gasteiger partial charge in [0, 0.05) is 43.0 Å². The first-order valence-electron chi connectivity index (χ1n) is 9.77. The van der Waals surface area contributed by atoms with E-state index in [9.17, 15) is 18.0 Å². The zero-order valence-electron chi connectivity index (χ0n) is 17.6. The molecule has 30 heavy (non-hydrogen) atoms. The zero-order valence-corrected chi connectivity index (χ0v) is 19.2. The van der Waals surface area contributed by atoms with Gasteiger partial charge in [-0.05, 0) is 50.8 Å². The second-order valence-corrected chi connectivity index (χ2v) is 12.0. The molecule has 0 aliphatic rings. The molecule has 2 atom stereocenters. The average molecular weight is 452 g/mol. The van der Waals surface area contributed by atoms with Crippen LogP contribution in [0.4, 0.5) is 0 Å². The van der Waals surface area contributed by atoms with Crippen molar-refractivity contribution in [1.29, 1.82) is 0 Å². The van der Waals surface area contributed by atoms with Crippen LogP contribution in [0.2, 0.25) is 0 Å². The smallest absolute Gasteiger partial charge is 0.218 e. The van der Waals surface area contributed by atoms with Crippen molar-refractivity contribution in [3.8, 4) is 0 Å². The first-order chi connectivity index (χ1) is 14.0. The van der Waals surface area contributed by atoms with Crippen LogP contribution >= 0.6 is 11.3 Å². The minimum Gasteiger partial charge on any atom is -0.370 e. The lowest BCUT2D eigenvalue weighted by molar-refractivity contribution is -0.128. The van der Waals surface area contributed by atoms with E-state index in [4.69, 9.17) is 5.73 Å². The second kappa shape index (κ2) is 10.3. The number of ketones is 1. The quantitative estimate of drug-likeness (QED) is 0.561. The maximum atomic E-state index is 13.1. The van der Waals surface area contributed by atoms with Gasteiger partial charge < -0.3 is 5.73 Å². The van der Waals surface area contributed by atoms with E-state index < -0.39 is 32.3 Å². The molecule has 0 unspecified atom stereocenters. The molecule has 9 heteroatoms. The molecule has 0 spiro atoms. The third-order valence-corrected chi connectivity index (χ3v) is 8.41. The minimum atomic E-state index is -3.43. The van der Waals surface area contributed by atoms with E-state index in [1.54, 1.807) is 38.7 Å². The number of nitrogens with two attached hydrogens (primary N) is 1. The molecular weight excluding hydrogens is 422 g/mol. The predicted octanol–water partition coefficient (Wildman–Crippen LogP) is 2.60. The van der Waals surface area contributed by atoms with E-state index in [0.717, 1.165) is 11.3 Å². The lowest BCUT2D eigenvalue weighted by atomic mass is 9.87. The number of sulfone groups is 1. The van der Waals surface area contributed by atoms with Gasteiger partial charge in [-0.25, -0.2) is 13.4 Å². The number of hydrogen-bond donors (Lipinski definition) is 1. The van der Waals surface area contributed by atoms with Gasteiger partial charge in [0.05, 0.1) is 21.7 Å². The van der Waals surface area contributed by atoms with Gasteiger partial charge in [-0.2, -0.15) is 0 Å². The molecule has 7 nitrogen and oxygen atoms in total. The highest BCUT2D eigenvalue weighted by Crippen LogP contribution is 2.25. The van der Waals surface area contributed by atoms with Gasteiger partial charge in [-0.3, -0.25) is 14.6 Å². The number of primary amides is 1. The van der Waals surface area contributed by atoms with Crippen LogP contribution in [0.1, 0.15) is 44.9 Å². The Bertz CT molecular complexity index is 936. The molecule has 0 saturated heterocycles. The second-order valence-electron chi connectivity index (χ2n) is 8.54. The summed E-state index contributed by atoms with van der Waals surface area (Å²) in [6.45, 7) is 4.98. The Hall–Kier alpha value is -2.13. The van der Waals surface area contributed by atoms with Crippen molar-refractivity contribution < 1.29 is 18.0 Å². The summed E-state index contributed by atoms with van der Waals surface area (Å²) in [5.41, 5.74) is 8.68. The molecule has 0 radical (unpaired) electrons. The summed E-state index contributed by atoms with van der Waals surface area (Å²) in [5.74, 6) is -1.84. The molecule has 2 heterocycles. The van der Waals surface area contributed by atoms with Gasteiger partial charge in [0.25, 0.3) is 0 Å². The highest BCUT2D eigenvalue weighted by atomic mass is 32.2. The molecular formula is C21H29N3O4S2. The van der Waals surface area contributed by atoms with Crippen LogP contribution in [0, 0.1) is 11.8 Å². The number of carbonyl (C=O) groups excluding carboxylic acids is 2. The number of rotatable bonds is 11. The standard InChI is InChI=1S/C21H29N3O4S2/c1-21(2,3)30(27,28)13-16(8-15-4-6-23-7-5-15)9-19(25)17(11-20(22)26)10-18-12-29-14-24-18/h4-7,12,14,16-17H,8-11,13H2,1-3H3,(H2,22,26)/t16-,17+/m0/s1. The molecule has 0 fully saturated rings. The van der Waals surface area contributed by atoms with E-state index in [1.807, 2.05) is 17.5 Å². The minimum absolute atomic E-state index is 0.0553. The average Bonchev–Trinajstić information content (AvgIpc) is 3.13. The maximum absolute atomic E-state index is 13.1. The lowest BCUT2D eigenvalue weighted by Gasteiger charge is -2.25. The first-order valence-corrected chi connectivity index (χ1v) is 12.4. The zero-order chi connectivity index (χ0) is 22.4. The highest BCUT2D eigenvalue weighted by molar-refractivity contribution is 7.92. The van der Waals surface area contributed by atoms with Crippen molar-refractivity contribution in [3.63, 3.8) is 0 Å². The summed E-state index contributed by atoms with van der Waals surface area (Å²) in [6.07, 6.45) is 4.02. The molecule has 2 N–H and O–H groups in total. The van der Waals surface area contributed by atoms with E-state index in [1.165, 1.54) is 11.3 Å². The van der Waals surface area contributed by atoms with Crippen LogP contribution in [0.5, 0.6) is 0 Å². The Labute approximate surface area is 182 Å². The Morgan fingerprint density at radius 3 is 2.33 bits per heavy atom. The molecule has 2 aromatic rings. The van der Waals surface area contributed by atoms with Gasteiger partial charge in [-0.15, -0.1) is 11.3 Å². The molecule has 2 aromatic heterocycles. The summed E-state index contributed by atoms with van der Waals surface area (Å²) >= 11 is 1.41. The van der Waals surface area contributed by atoms with Crippen molar-refractivity contribution in [2.24, 2.45) is 17.6 Å². The van der Waals surface area contributed by atoms with Gasteiger partial charge in [0.2, 0.25) is 5.91 Å². The summed E-state index contributed by atoms with van der Waals surface area (Å²) in [7, 11) is -3.43. The monoisotopic (exact) mass is 451 g/mol. The molecule has 0 aromatic carbocycles. The molecule has 1 amide bonds. The van der Waals surface area contributed by atoms with Crippen LogP contribution in [-0.4, -0.2) is 40.6 Å². The Kier molecular flexibility index (Phi) is 8.25. The van der Waals surface area contributed by atoms with Gasteiger partial charge in [0.1, 0.15) is 5.78 Å². The van der Waals surface area contributed by atoms with Gasteiger partial charge in [0.15, 0.2) is 9.84 Å². The number of carbonyl (C=O) groups is 2. The third kappa shape index (κ3) is 7.28. The first kappa shape index (κ1) is 24.1. The largest absolute Gasteiger partial charge is 0.370 e. The van der Waals surface area contributed by atoms with Crippen molar-refractivity contribution in [2.75, 3.05) is 5.75 Å². The number of thiazole rings is 1. The van der Waals surface area contributed by atoms with Crippen molar-refractivity contribution >= 4 is 32.9 Å². The van der Waals surface area contributed by atoms with E-state index in [-0.39, 0.29) is 24.4 Å². The van der Waals surface area contributed by atoms with Gasteiger partial charge in [-0.1, -0.05) is 0 Å². The van der Waals surface area contributed by atoms with Crippen LogP contribution < -0.4 is 5.73 Å². The van der Waals surface area contributed by atoms with Crippen molar-refractivity contribution in [3.05, 3.63) is 46.7 Å². The maximum Gasteiger partial charge on any atom is 0.218 e. The van der Waals surface area contributed by atoms with E-state index in [2.05, 4.69) is 9.97 Å². The number of aromatic nitrogens is 2. The topological polar surface area (TPSA) is 120 Å². The highest BCUT2D eigenvalue weighted by Gasteiger charge is 2.33. The molecule has 0 saturated carbocycles. The summed E-state index contributed by atoms with van der Waals surface area (Å²) in [4.78, 5) is 32.8. The lowest BCUT2D eigenvalue weighted by Crippen LogP contribution is -2.35. The Balaban J connectivity index is 2.22. The fraction of sp³-hybridized carbons (Fsp3) is 0.524. The van der Waals surface area contributed by atoms with Crippen LogP contribution in [0.25, 0.3) is 0 Å². The molecule has 164 valence electrons. The van der Waals surface area contributed by atoms with Crippen LogP contribution in [0.3, 0.4) is 0 Å². The molecule has 2 rings (SSSR count). The number of hydrogen-bond acceptors (Lipinski definition) is 7. The van der Waals surface area contributed by atoms with E-state index >= 15 is 0 Å². The number of amides is 1. The summed E-state index contributed by atoms with van der Waals surface area (Å²) < 4.78 is 24.7. The number of nitrogens with zero attached hydrogens (tertiary/aromatic N) is 2. The SMILES string of the molecule is CC(C)(C)S(=O)(=O)C[C@H](CC(=O)[C@@H](CC(N)=O)Cc1cscn1)Cc1ccncc1. The Morgan fingerprint density at radius 2 is 1.80 bits per heavy atom. The van der Waals surface area contributed by atoms with Crippen molar-refractivity contribution in [1.82, 2.24) is 9.97 Å². The fourth-order valence-corrected chi connectivity index (χ4v) is 5.11. The third-order valence-electron chi connectivity index (χ3n) is 4.99. The molecule has 0 bridgehead atoms.